The number of alkyl halides is 2. The monoisotopic (exact) mass is 321 g/mol. The van der Waals surface area contributed by atoms with Gasteiger partial charge >= 0.3 is 6.61 Å². The standard InChI is InChI=1S/C17H17F2NO3/c1-11-8-14(21)9-12(2)20(11)7-6-13-4-5-15(23-17(18)19)16(10-13)22-3/h4-10,17H,1-3H3. The van der Waals surface area contributed by atoms with E-state index in [1.54, 1.807) is 24.4 Å². The molecule has 0 fully saturated rings. The average Bonchev–Trinajstić information content (AvgIpc) is 2.46. The van der Waals surface area contributed by atoms with Crippen molar-refractivity contribution < 1.29 is 18.3 Å². The van der Waals surface area contributed by atoms with Gasteiger partial charge < -0.3 is 14.0 Å². The van der Waals surface area contributed by atoms with E-state index in [0.717, 1.165) is 17.0 Å². The van der Waals surface area contributed by atoms with Crippen molar-refractivity contribution in [1.29, 1.82) is 0 Å². The summed E-state index contributed by atoms with van der Waals surface area (Å²) >= 11 is 0. The number of hydrogen-bond acceptors (Lipinski definition) is 3. The molecule has 2 rings (SSSR count). The maximum Gasteiger partial charge on any atom is 0.387 e. The number of aryl methyl sites for hydroxylation is 2. The average molecular weight is 321 g/mol. The summed E-state index contributed by atoms with van der Waals surface area (Å²) < 4.78 is 35.9. The number of nitrogens with zero attached hydrogens (tertiary/aromatic N) is 1. The Morgan fingerprint density at radius 2 is 1.74 bits per heavy atom. The number of methoxy groups -OCH3 is 1. The second-order valence-electron chi connectivity index (χ2n) is 4.95. The summed E-state index contributed by atoms with van der Waals surface area (Å²) in [5.41, 5.74) is 2.31. The zero-order valence-electron chi connectivity index (χ0n) is 13.0. The maximum atomic E-state index is 12.3. The van der Waals surface area contributed by atoms with Crippen molar-refractivity contribution in [2.45, 2.75) is 20.5 Å². The molecule has 122 valence electrons. The molecule has 0 spiro atoms. The van der Waals surface area contributed by atoms with Crippen LogP contribution in [0.15, 0.2) is 35.1 Å². The number of benzene rings is 1. The molecule has 0 bridgehead atoms. The molecule has 0 amide bonds. The van der Waals surface area contributed by atoms with Gasteiger partial charge in [-0.25, -0.2) is 0 Å². The van der Waals surface area contributed by atoms with Gasteiger partial charge in [0.15, 0.2) is 16.9 Å². The molecule has 0 atom stereocenters. The summed E-state index contributed by atoms with van der Waals surface area (Å²) in [7, 11) is 1.39. The first kappa shape index (κ1) is 16.7. The molecule has 4 nitrogen and oxygen atoms in total. The Morgan fingerprint density at radius 1 is 1.09 bits per heavy atom. The van der Waals surface area contributed by atoms with Crippen molar-refractivity contribution in [3.05, 3.63) is 57.5 Å². The molecule has 0 saturated heterocycles. The van der Waals surface area contributed by atoms with Crippen LogP contribution in [-0.4, -0.2) is 18.3 Å². The summed E-state index contributed by atoms with van der Waals surface area (Å²) in [6, 6.07) is 7.75. The minimum absolute atomic E-state index is 0.0182. The molecule has 1 aromatic carbocycles. The van der Waals surface area contributed by atoms with Crippen molar-refractivity contribution in [3.63, 3.8) is 0 Å². The van der Waals surface area contributed by atoms with Gasteiger partial charge in [0.1, 0.15) is 0 Å². The normalized spacial score (nSPS) is 11.2. The van der Waals surface area contributed by atoms with Crippen LogP contribution < -0.4 is 14.9 Å². The Morgan fingerprint density at radius 3 is 2.30 bits per heavy atom. The zero-order valence-corrected chi connectivity index (χ0v) is 13.0. The Hall–Kier alpha value is -2.63. The van der Waals surface area contributed by atoms with Gasteiger partial charge in [-0.3, -0.25) is 4.79 Å². The van der Waals surface area contributed by atoms with Crippen LogP contribution in [0.4, 0.5) is 8.78 Å². The molecule has 0 aliphatic carbocycles. The molecule has 0 N–H and O–H groups in total. The lowest BCUT2D eigenvalue weighted by atomic mass is 10.2. The van der Waals surface area contributed by atoms with E-state index in [1.165, 1.54) is 25.3 Å². The number of rotatable bonds is 5. The minimum Gasteiger partial charge on any atom is -0.493 e. The SMILES string of the molecule is COc1cc(C=Cn2c(C)cc(=O)cc2C)ccc1OC(F)F. The zero-order chi connectivity index (χ0) is 17.0. The lowest BCUT2D eigenvalue weighted by Gasteiger charge is -2.11. The first-order valence-electron chi connectivity index (χ1n) is 6.91. The Balaban J connectivity index is 2.32. The highest BCUT2D eigenvalue weighted by Crippen LogP contribution is 2.30. The minimum atomic E-state index is -2.91. The van der Waals surface area contributed by atoms with E-state index in [2.05, 4.69) is 4.74 Å². The largest absolute Gasteiger partial charge is 0.493 e. The fraction of sp³-hybridized carbons (Fsp3) is 0.235. The third-order valence-corrected chi connectivity index (χ3v) is 3.28. The highest BCUT2D eigenvalue weighted by atomic mass is 19.3. The molecular weight excluding hydrogens is 304 g/mol. The highest BCUT2D eigenvalue weighted by Gasteiger charge is 2.10. The summed E-state index contributed by atoms with van der Waals surface area (Å²) in [5.74, 6) is 0.205. The fourth-order valence-electron chi connectivity index (χ4n) is 2.25. The van der Waals surface area contributed by atoms with Crippen LogP contribution in [-0.2, 0) is 0 Å². The molecule has 0 saturated carbocycles. The predicted molar refractivity (Wildman–Crippen MR) is 85.0 cm³/mol. The van der Waals surface area contributed by atoms with Crippen molar-refractivity contribution in [2.75, 3.05) is 7.11 Å². The molecule has 0 radical (unpaired) electrons. The van der Waals surface area contributed by atoms with E-state index in [4.69, 9.17) is 4.74 Å². The van der Waals surface area contributed by atoms with E-state index < -0.39 is 6.61 Å². The lowest BCUT2D eigenvalue weighted by molar-refractivity contribution is -0.0512. The van der Waals surface area contributed by atoms with Gasteiger partial charge in [0, 0.05) is 29.7 Å². The molecule has 1 aromatic heterocycles. The van der Waals surface area contributed by atoms with Crippen molar-refractivity contribution in [1.82, 2.24) is 4.57 Å². The predicted octanol–water partition coefficient (Wildman–Crippen LogP) is 3.70. The lowest BCUT2D eigenvalue weighted by Crippen LogP contribution is -2.08. The van der Waals surface area contributed by atoms with Crippen LogP contribution >= 0.6 is 0 Å². The third-order valence-electron chi connectivity index (χ3n) is 3.28. The Labute approximate surface area is 132 Å². The third kappa shape index (κ3) is 4.18. The molecule has 0 aliphatic rings. The van der Waals surface area contributed by atoms with Crippen LogP contribution in [0.2, 0.25) is 0 Å². The smallest absolute Gasteiger partial charge is 0.387 e. The van der Waals surface area contributed by atoms with Gasteiger partial charge in [0.05, 0.1) is 7.11 Å². The van der Waals surface area contributed by atoms with E-state index in [9.17, 15) is 13.6 Å². The van der Waals surface area contributed by atoms with Gasteiger partial charge in [0.25, 0.3) is 0 Å². The molecule has 6 heteroatoms. The number of halogens is 2. The Bertz CT molecular complexity index is 756. The van der Waals surface area contributed by atoms with Crippen LogP contribution in [0.5, 0.6) is 11.5 Å². The number of aromatic nitrogens is 1. The second-order valence-corrected chi connectivity index (χ2v) is 4.95. The molecular formula is C17H17F2NO3. The van der Waals surface area contributed by atoms with Gasteiger partial charge in [-0.2, -0.15) is 8.78 Å². The number of pyridine rings is 1. The van der Waals surface area contributed by atoms with E-state index in [-0.39, 0.29) is 16.9 Å². The Kier molecular flexibility index (Phi) is 5.16. The number of ether oxygens (including phenoxy) is 2. The fourth-order valence-corrected chi connectivity index (χ4v) is 2.25. The van der Waals surface area contributed by atoms with E-state index >= 15 is 0 Å². The molecule has 1 heterocycles. The summed E-state index contributed by atoms with van der Waals surface area (Å²) in [6.45, 7) is 0.759. The van der Waals surface area contributed by atoms with Gasteiger partial charge in [-0.1, -0.05) is 6.07 Å². The summed E-state index contributed by atoms with van der Waals surface area (Å²) in [5, 5.41) is 0. The van der Waals surface area contributed by atoms with Crippen LogP contribution in [0, 0.1) is 13.8 Å². The van der Waals surface area contributed by atoms with Crippen LogP contribution in [0.3, 0.4) is 0 Å². The second kappa shape index (κ2) is 7.09. The van der Waals surface area contributed by atoms with Gasteiger partial charge in [-0.15, -0.1) is 0 Å². The first-order chi connectivity index (χ1) is 10.9. The van der Waals surface area contributed by atoms with Crippen molar-refractivity contribution >= 4 is 12.3 Å². The molecule has 0 aliphatic heterocycles. The van der Waals surface area contributed by atoms with Crippen molar-refractivity contribution in [2.24, 2.45) is 0 Å². The summed E-state index contributed by atoms with van der Waals surface area (Å²) in [6.07, 6.45) is 3.59. The molecule has 2 aromatic rings. The molecule has 0 unspecified atom stereocenters. The van der Waals surface area contributed by atoms with E-state index in [0.29, 0.717) is 0 Å². The van der Waals surface area contributed by atoms with Gasteiger partial charge in [0.2, 0.25) is 0 Å². The van der Waals surface area contributed by atoms with Crippen LogP contribution in [0.25, 0.3) is 12.3 Å². The topological polar surface area (TPSA) is 40.5 Å². The quantitative estimate of drug-likeness (QED) is 0.843. The number of hydrogen-bond donors (Lipinski definition) is 0. The first-order valence-corrected chi connectivity index (χ1v) is 6.91. The highest BCUT2D eigenvalue weighted by molar-refractivity contribution is 5.64. The van der Waals surface area contributed by atoms with E-state index in [1.807, 2.05) is 18.4 Å². The maximum absolute atomic E-state index is 12.3. The van der Waals surface area contributed by atoms with Crippen LogP contribution in [0.1, 0.15) is 17.0 Å². The van der Waals surface area contributed by atoms with Crippen molar-refractivity contribution in [3.8, 4) is 11.5 Å². The summed E-state index contributed by atoms with van der Waals surface area (Å²) in [4.78, 5) is 11.4. The molecule has 23 heavy (non-hydrogen) atoms. The van der Waals surface area contributed by atoms with Gasteiger partial charge in [-0.05, 0) is 37.6 Å².